The van der Waals surface area contributed by atoms with Crippen LogP contribution in [0.1, 0.15) is 40.0 Å². The van der Waals surface area contributed by atoms with Crippen LogP contribution in [0.4, 0.5) is 0 Å². The lowest BCUT2D eigenvalue weighted by Gasteiger charge is -2.20. The first-order valence-corrected chi connectivity index (χ1v) is 5.78. The van der Waals surface area contributed by atoms with E-state index in [-0.39, 0.29) is 0 Å². The lowest BCUT2D eigenvalue weighted by Crippen LogP contribution is -2.30. The fourth-order valence-electron chi connectivity index (χ4n) is 1.51. The molecule has 84 valence electrons. The first-order valence-electron chi connectivity index (χ1n) is 5.78. The van der Waals surface area contributed by atoms with E-state index in [1.807, 2.05) is 0 Å². The molecule has 0 fully saturated rings. The second-order valence-electron chi connectivity index (χ2n) is 3.88. The summed E-state index contributed by atoms with van der Waals surface area (Å²) in [5, 5.41) is 0. The zero-order valence-electron chi connectivity index (χ0n) is 10.1. The summed E-state index contributed by atoms with van der Waals surface area (Å²) in [6.07, 6.45) is 3.12. The number of nitrogens with zero attached hydrogens (tertiary/aromatic N) is 1. The summed E-state index contributed by atoms with van der Waals surface area (Å²) in [5.74, 6) is 0. The molecule has 0 saturated carbocycles. The SMILES string of the molecule is C=C(CC)CC(N)CCN(CC)CC. The summed E-state index contributed by atoms with van der Waals surface area (Å²) in [6, 6.07) is 0.294. The molecule has 0 saturated heterocycles. The Morgan fingerprint density at radius 1 is 1.29 bits per heavy atom. The van der Waals surface area contributed by atoms with E-state index in [9.17, 15) is 0 Å². The Hall–Kier alpha value is -0.340. The second kappa shape index (κ2) is 8.01. The number of hydrogen-bond donors (Lipinski definition) is 1. The number of rotatable bonds is 8. The van der Waals surface area contributed by atoms with Crippen LogP contribution in [0, 0.1) is 0 Å². The zero-order chi connectivity index (χ0) is 11.0. The van der Waals surface area contributed by atoms with Gasteiger partial charge in [-0.05, 0) is 38.9 Å². The molecular weight excluding hydrogens is 172 g/mol. The van der Waals surface area contributed by atoms with Gasteiger partial charge in [-0.3, -0.25) is 0 Å². The van der Waals surface area contributed by atoms with E-state index in [1.54, 1.807) is 0 Å². The van der Waals surface area contributed by atoms with E-state index in [1.165, 1.54) is 5.57 Å². The molecule has 2 nitrogen and oxygen atoms in total. The van der Waals surface area contributed by atoms with Gasteiger partial charge in [0.2, 0.25) is 0 Å². The minimum atomic E-state index is 0.294. The van der Waals surface area contributed by atoms with E-state index in [0.29, 0.717) is 6.04 Å². The molecule has 0 bridgehead atoms. The highest BCUT2D eigenvalue weighted by Crippen LogP contribution is 2.08. The molecule has 14 heavy (non-hydrogen) atoms. The van der Waals surface area contributed by atoms with Crippen molar-refractivity contribution >= 4 is 0 Å². The number of hydrogen-bond acceptors (Lipinski definition) is 2. The van der Waals surface area contributed by atoms with E-state index in [4.69, 9.17) is 5.73 Å². The van der Waals surface area contributed by atoms with Crippen molar-refractivity contribution in [3.63, 3.8) is 0 Å². The standard InChI is InChI=1S/C12H26N2/c1-5-11(4)10-12(13)8-9-14(6-2)7-3/h12H,4-10,13H2,1-3H3. The van der Waals surface area contributed by atoms with Crippen molar-refractivity contribution < 1.29 is 0 Å². The molecule has 2 N–H and O–H groups in total. The van der Waals surface area contributed by atoms with Gasteiger partial charge in [-0.1, -0.05) is 32.9 Å². The highest BCUT2D eigenvalue weighted by molar-refractivity contribution is 4.95. The Bertz CT molecular complexity index is 150. The largest absolute Gasteiger partial charge is 0.327 e. The van der Waals surface area contributed by atoms with Crippen molar-refractivity contribution in [2.75, 3.05) is 19.6 Å². The molecule has 0 heterocycles. The molecule has 0 aromatic rings. The molecule has 0 aliphatic rings. The maximum Gasteiger partial charge on any atom is 0.00881 e. The molecular formula is C12H26N2. The Labute approximate surface area is 89.2 Å². The van der Waals surface area contributed by atoms with Gasteiger partial charge in [0.1, 0.15) is 0 Å². The van der Waals surface area contributed by atoms with Gasteiger partial charge in [-0.2, -0.15) is 0 Å². The molecule has 0 aromatic carbocycles. The fourth-order valence-corrected chi connectivity index (χ4v) is 1.51. The maximum absolute atomic E-state index is 6.02. The molecule has 0 aliphatic carbocycles. The van der Waals surface area contributed by atoms with Gasteiger partial charge in [0.15, 0.2) is 0 Å². The maximum atomic E-state index is 6.02. The monoisotopic (exact) mass is 198 g/mol. The van der Waals surface area contributed by atoms with Crippen molar-refractivity contribution in [3.8, 4) is 0 Å². The summed E-state index contributed by atoms with van der Waals surface area (Å²) in [6.45, 7) is 13.9. The van der Waals surface area contributed by atoms with Crippen molar-refractivity contribution in [3.05, 3.63) is 12.2 Å². The fraction of sp³-hybridized carbons (Fsp3) is 0.833. The van der Waals surface area contributed by atoms with Gasteiger partial charge < -0.3 is 10.6 Å². The van der Waals surface area contributed by atoms with Crippen molar-refractivity contribution in [2.24, 2.45) is 5.73 Å². The second-order valence-corrected chi connectivity index (χ2v) is 3.88. The van der Waals surface area contributed by atoms with E-state index in [0.717, 1.165) is 38.9 Å². The Balaban J connectivity index is 3.61. The Kier molecular flexibility index (Phi) is 7.81. The van der Waals surface area contributed by atoms with Gasteiger partial charge >= 0.3 is 0 Å². The molecule has 0 aliphatic heterocycles. The Morgan fingerprint density at radius 2 is 1.86 bits per heavy atom. The summed E-state index contributed by atoms with van der Waals surface area (Å²) in [7, 11) is 0. The van der Waals surface area contributed by atoms with Crippen LogP contribution >= 0.6 is 0 Å². The van der Waals surface area contributed by atoms with Crippen molar-refractivity contribution in [1.29, 1.82) is 0 Å². The van der Waals surface area contributed by atoms with E-state index < -0.39 is 0 Å². The average Bonchev–Trinajstić information content (AvgIpc) is 2.19. The van der Waals surface area contributed by atoms with Crippen LogP contribution in [-0.2, 0) is 0 Å². The first kappa shape index (κ1) is 13.7. The molecule has 0 spiro atoms. The third-order valence-electron chi connectivity index (χ3n) is 2.76. The lowest BCUT2D eigenvalue weighted by atomic mass is 10.0. The third kappa shape index (κ3) is 6.17. The zero-order valence-corrected chi connectivity index (χ0v) is 10.1. The highest BCUT2D eigenvalue weighted by Gasteiger charge is 2.06. The number of nitrogens with two attached hydrogens (primary N) is 1. The molecule has 0 aromatic heterocycles. The molecule has 2 heteroatoms. The van der Waals surface area contributed by atoms with Crippen LogP contribution in [0.2, 0.25) is 0 Å². The van der Waals surface area contributed by atoms with E-state index >= 15 is 0 Å². The molecule has 1 atom stereocenters. The molecule has 0 rings (SSSR count). The van der Waals surface area contributed by atoms with Crippen molar-refractivity contribution in [2.45, 2.75) is 46.1 Å². The smallest absolute Gasteiger partial charge is 0.00881 e. The molecule has 1 unspecified atom stereocenters. The van der Waals surface area contributed by atoms with Crippen LogP contribution in [-0.4, -0.2) is 30.6 Å². The van der Waals surface area contributed by atoms with Crippen molar-refractivity contribution in [1.82, 2.24) is 4.90 Å². The Morgan fingerprint density at radius 3 is 2.29 bits per heavy atom. The normalized spacial score (nSPS) is 13.2. The topological polar surface area (TPSA) is 29.3 Å². The average molecular weight is 198 g/mol. The lowest BCUT2D eigenvalue weighted by molar-refractivity contribution is 0.289. The summed E-state index contributed by atoms with van der Waals surface area (Å²) < 4.78 is 0. The first-order chi connectivity index (χ1) is 6.63. The summed E-state index contributed by atoms with van der Waals surface area (Å²) in [4.78, 5) is 2.41. The highest BCUT2D eigenvalue weighted by atomic mass is 15.1. The molecule has 0 radical (unpaired) electrons. The van der Waals surface area contributed by atoms with Crippen LogP contribution in [0.3, 0.4) is 0 Å². The van der Waals surface area contributed by atoms with Gasteiger partial charge in [-0.25, -0.2) is 0 Å². The summed E-state index contributed by atoms with van der Waals surface area (Å²) in [5.41, 5.74) is 7.30. The minimum absolute atomic E-state index is 0.294. The van der Waals surface area contributed by atoms with Crippen LogP contribution in [0.5, 0.6) is 0 Å². The van der Waals surface area contributed by atoms with E-state index in [2.05, 4.69) is 32.3 Å². The summed E-state index contributed by atoms with van der Waals surface area (Å²) >= 11 is 0. The molecule has 0 amide bonds. The third-order valence-corrected chi connectivity index (χ3v) is 2.76. The van der Waals surface area contributed by atoms with Gasteiger partial charge in [-0.15, -0.1) is 0 Å². The van der Waals surface area contributed by atoms with Gasteiger partial charge in [0.05, 0.1) is 0 Å². The van der Waals surface area contributed by atoms with Crippen LogP contribution in [0.25, 0.3) is 0 Å². The minimum Gasteiger partial charge on any atom is -0.327 e. The van der Waals surface area contributed by atoms with Crippen LogP contribution in [0.15, 0.2) is 12.2 Å². The van der Waals surface area contributed by atoms with Gasteiger partial charge in [0.25, 0.3) is 0 Å². The van der Waals surface area contributed by atoms with Gasteiger partial charge in [0, 0.05) is 6.04 Å². The predicted octanol–water partition coefficient (Wildman–Crippen LogP) is 2.40. The quantitative estimate of drug-likeness (QED) is 0.607. The van der Waals surface area contributed by atoms with Crippen LogP contribution < -0.4 is 5.73 Å². The predicted molar refractivity (Wildman–Crippen MR) is 64.4 cm³/mol.